The Balaban J connectivity index is 1.46. The van der Waals surface area contributed by atoms with Crippen LogP contribution in [0.5, 0.6) is 0 Å². The number of non-ortho nitro benzene ring substituents is 2. The Morgan fingerprint density at radius 2 is 1.31 bits per heavy atom. The number of fused-ring (bicyclic) bond motifs is 4. The standard InChI is InChI=1S/C30H17N5O10/c36-28-20-8-4-5-9-21(20)29(37)32(28)25(12-16-6-2-1-3-7-16)30(38)45-31-27-22-13-17(33(39)40)10-11-19(22)26-23(27)14-18(34(41)42)15-24(26)35(43)44/h1-11,13-15,25H,12H2. The van der Waals surface area contributed by atoms with Crippen LogP contribution < -0.4 is 0 Å². The number of carbonyl (C=O) groups excluding carboxylic acids is 3. The monoisotopic (exact) mass is 607 g/mol. The second kappa shape index (κ2) is 10.9. The lowest BCUT2D eigenvalue weighted by molar-refractivity contribution is -0.393. The fraction of sp³-hybridized carbons (Fsp3) is 0.0667. The van der Waals surface area contributed by atoms with Gasteiger partial charge in [0, 0.05) is 35.7 Å². The van der Waals surface area contributed by atoms with E-state index in [1.54, 1.807) is 42.5 Å². The van der Waals surface area contributed by atoms with Crippen molar-refractivity contribution in [2.24, 2.45) is 5.16 Å². The third kappa shape index (κ3) is 4.83. The van der Waals surface area contributed by atoms with Crippen LogP contribution in [0.3, 0.4) is 0 Å². The van der Waals surface area contributed by atoms with Gasteiger partial charge in [0.1, 0.15) is 11.8 Å². The van der Waals surface area contributed by atoms with E-state index in [1.165, 1.54) is 18.2 Å². The predicted octanol–water partition coefficient (Wildman–Crippen LogP) is 4.59. The van der Waals surface area contributed by atoms with Gasteiger partial charge in [-0.25, -0.2) is 4.79 Å². The molecule has 0 saturated carbocycles. The molecule has 1 heterocycles. The van der Waals surface area contributed by atoms with Crippen LogP contribution in [-0.4, -0.2) is 49.2 Å². The number of hydrogen-bond acceptors (Lipinski definition) is 11. The molecule has 0 saturated heterocycles. The van der Waals surface area contributed by atoms with Crippen LogP contribution in [0.4, 0.5) is 17.1 Å². The van der Waals surface area contributed by atoms with E-state index in [-0.39, 0.29) is 45.5 Å². The summed E-state index contributed by atoms with van der Waals surface area (Å²) < 4.78 is 0. The molecule has 6 rings (SSSR count). The summed E-state index contributed by atoms with van der Waals surface area (Å²) in [7, 11) is 0. The van der Waals surface area contributed by atoms with Gasteiger partial charge in [0.15, 0.2) is 0 Å². The summed E-state index contributed by atoms with van der Waals surface area (Å²) in [6, 6.07) is 18.1. The first kappa shape index (κ1) is 28.5. The number of amides is 2. The van der Waals surface area contributed by atoms with Gasteiger partial charge in [0.25, 0.3) is 28.9 Å². The maximum Gasteiger partial charge on any atom is 0.358 e. The highest BCUT2D eigenvalue weighted by Crippen LogP contribution is 2.46. The summed E-state index contributed by atoms with van der Waals surface area (Å²) in [6.45, 7) is 0. The molecular formula is C30H17N5O10. The molecule has 1 aliphatic carbocycles. The quantitative estimate of drug-likeness (QED) is 0.104. The second-order valence-electron chi connectivity index (χ2n) is 9.97. The van der Waals surface area contributed by atoms with Crippen molar-refractivity contribution in [2.45, 2.75) is 12.5 Å². The number of rotatable bonds is 8. The Morgan fingerprint density at radius 1 is 0.711 bits per heavy atom. The number of nitro benzene ring substituents is 3. The Kier molecular flexibility index (Phi) is 6.89. The maximum absolute atomic E-state index is 13.7. The van der Waals surface area contributed by atoms with Crippen molar-refractivity contribution in [3.8, 4) is 11.1 Å². The van der Waals surface area contributed by atoms with Gasteiger partial charge in [0.05, 0.1) is 37.5 Å². The van der Waals surface area contributed by atoms with Crippen LogP contribution in [-0.2, 0) is 16.1 Å². The van der Waals surface area contributed by atoms with Crippen LogP contribution in [0.1, 0.15) is 37.4 Å². The fourth-order valence-electron chi connectivity index (χ4n) is 5.39. The van der Waals surface area contributed by atoms with E-state index in [0.29, 0.717) is 5.56 Å². The Labute approximate surface area is 251 Å². The molecule has 45 heavy (non-hydrogen) atoms. The van der Waals surface area contributed by atoms with Gasteiger partial charge >= 0.3 is 5.97 Å². The van der Waals surface area contributed by atoms with Crippen molar-refractivity contribution in [3.05, 3.63) is 143 Å². The van der Waals surface area contributed by atoms with Gasteiger partial charge in [-0.3, -0.25) is 44.8 Å². The van der Waals surface area contributed by atoms with Crippen molar-refractivity contribution >= 4 is 40.6 Å². The summed E-state index contributed by atoms with van der Waals surface area (Å²) in [4.78, 5) is 79.0. The van der Waals surface area contributed by atoms with Gasteiger partial charge in [-0.2, -0.15) is 0 Å². The molecule has 15 nitrogen and oxygen atoms in total. The second-order valence-corrected chi connectivity index (χ2v) is 9.97. The number of oxime groups is 1. The molecule has 0 bridgehead atoms. The molecule has 4 aromatic rings. The van der Waals surface area contributed by atoms with Gasteiger partial charge in [0.2, 0.25) is 0 Å². The molecule has 222 valence electrons. The number of hydrogen-bond donors (Lipinski definition) is 0. The molecule has 15 heteroatoms. The number of carbonyl (C=O) groups is 3. The highest BCUT2D eigenvalue weighted by atomic mass is 16.7. The normalized spacial score (nSPS) is 14.5. The van der Waals surface area contributed by atoms with Gasteiger partial charge in [-0.15, -0.1) is 0 Å². The summed E-state index contributed by atoms with van der Waals surface area (Å²) >= 11 is 0. The van der Waals surface area contributed by atoms with Crippen LogP contribution >= 0.6 is 0 Å². The average Bonchev–Trinajstić information content (AvgIpc) is 3.48. The van der Waals surface area contributed by atoms with Crippen LogP contribution in [0.15, 0.2) is 90.1 Å². The number of nitrogens with zero attached hydrogens (tertiary/aromatic N) is 5. The van der Waals surface area contributed by atoms with Crippen LogP contribution in [0.25, 0.3) is 11.1 Å². The molecule has 0 radical (unpaired) electrons. The molecule has 1 aliphatic heterocycles. The summed E-state index contributed by atoms with van der Waals surface area (Å²) in [5.74, 6) is -2.64. The van der Waals surface area contributed by atoms with Crippen molar-refractivity contribution in [1.82, 2.24) is 4.90 Å². The molecule has 0 spiro atoms. The zero-order valence-electron chi connectivity index (χ0n) is 22.7. The molecular weight excluding hydrogens is 590 g/mol. The minimum Gasteiger partial charge on any atom is -0.315 e. The van der Waals surface area contributed by atoms with Gasteiger partial charge < -0.3 is 4.84 Å². The highest BCUT2D eigenvalue weighted by Gasteiger charge is 2.44. The highest BCUT2D eigenvalue weighted by molar-refractivity contribution is 6.26. The van der Waals surface area contributed by atoms with E-state index in [9.17, 15) is 44.7 Å². The number of imide groups is 1. The van der Waals surface area contributed by atoms with Gasteiger partial charge in [-0.1, -0.05) is 47.6 Å². The van der Waals surface area contributed by atoms with E-state index >= 15 is 0 Å². The topological polar surface area (TPSA) is 205 Å². The predicted molar refractivity (Wildman–Crippen MR) is 154 cm³/mol. The summed E-state index contributed by atoms with van der Waals surface area (Å²) in [5, 5.41) is 39.0. The van der Waals surface area contributed by atoms with Crippen LogP contribution in [0.2, 0.25) is 0 Å². The summed E-state index contributed by atoms with van der Waals surface area (Å²) in [5.41, 5.74) is -1.61. The molecule has 1 atom stereocenters. The van der Waals surface area contributed by atoms with E-state index in [4.69, 9.17) is 4.84 Å². The zero-order chi connectivity index (χ0) is 32.0. The van der Waals surface area contributed by atoms with Crippen molar-refractivity contribution in [3.63, 3.8) is 0 Å². The smallest absolute Gasteiger partial charge is 0.315 e. The Morgan fingerprint density at radius 3 is 1.91 bits per heavy atom. The molecule has 0 N–H and O–H groups in total. The average molecular weight is 607 g/mol. The van der Waals surface area contributed by atoms with Crippen molar-refractivity contribution in [1.29, 1.82) is 0 Å². The maximum atomic E-state index is 13.7. The summed E-state index contributed by atoms with van der Waals surface area (Å²) in [6.07, 6.45) is -0.161. The van der Waals surface area contributed by atoms with Crippen molar-refractivity contribution < 1.29 is 34.0 Å². The van der Waals surface area contributed by atoms with E-state index in [0.717, 1.165) is 29.2 Å². The Bertz CT molecular complexity index is 1990. The first-order valence-electron chi connectivity index (χ1n) is 13.1. The SMILES string of the molecule is O=C(ON=C1c2cc([N+](=O)[O-])ccc2-c2c1cc([N+](=O)[O-])cc2[N+](=O)[O-])C(Cc1ccccc1)N1C(=O)c2ccccc2C1=O. The third-order valence-electron chi connectivity index (χ3n) is 7.41. The van der Waals surface area contributed by atoms with Crippen molar-refractivity contribution in [2.75, 3.05) is 0 Å². The van der Waals surface area contributed by atoms with E-state index in [2.05, 4.69) is 5.16 Å². The lowest BCUT2D eigenvalue weighted by Crippen LogP contribution is -2.46. The largest absolute Gasteiger partial charge is 0.358 e. The Hall–Kier alpha value is -6.64. The van der Waals surface area contributed by atoms with E-state index < -0.39 is 55.7 Å². The first-order chi connectivity index (χ1) is 21.6. The molecule has 2 amide bonds. The van der Waals surface area contributed by atoms with E-state index in [1.807, 2.05) is 0 Å². The third-order valence-corrected chi connectivity index (χ3v) is 7.41. The van der Waals surface area contributed by atoms with Gasteiger partial charge in [-0.05, 0) is 29.3 Å². The minimum absolute atomic E-state index is 0.0593. The van der Waals surface area contributed by atoms with Crippen LogP contribution in [0, 0.1) is 30.3 Å². The molecule has 4 aromatic carbocycles. The zero-order valence-corrected chi connectivity index (χ0v) is 22.7. The molecule has 1 unspecified atom stereocenters. The minimum atomic E-state index is -1.52. The lowest BCUT2D eigenvalue weighted by Gasteiger charge is -2.23. The first-order valence-corrected chi connectivity index (χ1v) is 13.1. The number of nitro groups is 3. The molecule has 0 aromatic heterocycles. The molecule has 0 fully saturated rings. The fourth-order valence-corrected chi connectivity index (χ4v) is 5.39. The molecule has 2 aliphatic rings. The number of benzene rings is 4. The lowest BCUT2D eigenvalue weighted by atomic mass is 10.0.